The highest BCUT2D eigenvalue weighted by molar-refractivity contribution is 5.98. The smallest absolute Gasteiger partial charge is 0.259 e. The van der Waals surface area contributed by atoms with Crippen LogP contribution in [0.1, 0.15) is 17.3 Å². The molecule has 8 heteroatoms. The van der Waals surface area contributed by atoms with Gasteiger partial charge in [-0.3, -0.25) is 15.0 Å². The van der Waals surface area contributed by atoms with Crippen molar-refractivity contribution in [1.82, 2.24) is 10.7 Å². The first kappa shape index (κ1) is 16.7. The predicted molar refractivity (Wildman–Crippen MR) is 74.8 cm³/mol. The minimum absolute atomic E-state index is 0.224. The van der Waals surface area contributed by atoms with E-state index >= 15 is 0 Å². The molecule has 0 aliphatic rings. The van der Waals surface area contributed by atoms with Gasteiger partial charge in [-0.1, -0.05) is 0 Å². The topological polar surface area (TPSA) is 123 Å². The summed E-state index contributed by atoms with van der Waals surface area (Å²) in [5.41, 5.74) is 2.11. The Balaban J connectivity index is 2.99. The molecular weight excluding hydrogens is 278 g/mol. The number of nitrogens with two attached hydrogens (primary N) is 1. The van der Waals surface area contributed by atoms with Crippen LogP contribution in [0.15, 0.2) is 18.2 Å². The van der Waals surface area contributed by atoms with Gasteiger partial charge in [-0.2, -0.15) is 0 Å². The van der Waals surface area contributed by atoms with E-state index < -0.39 is 24.0 Å². The third kappa shape index (κ3) is 4.33. The van der Waals surface area contributed by atoms with Crippen LogP contribution >= 0.6 is 0 Å². The fourth-order valence-corrected chi connectivity index (χ4v) is 1.66. The molecule has 5 N–H and O–H groups in total. The lowest BCUT2D eigenvalue weighted by Crippen LogP contribution is -2.54. The molecule has 0 aliphatic heterocycles. The molecule has 0 aromatic heterocycles. The van der Waals surface area contributed by atoms with Gasteiger partial charge in [-0.05, 0) is 19.1 Å². The average Bonchev–Trinajstić information content (AvgIpc) is 2.50. The molecule has 1 aromatic carbocycles. The molecule has 0 aliphatic carbocycles. The molecular formula is C13H19N3O5. The lowest BCUT2D eigenvalue weighted by Gasteiger charge is -2.19. The molecule has 0 unspecified atom stereocenters. The largest absolute Gasteiger partial charge is 0.497 e. The second kappa shape index (κ2) is 7.46. The van der Waals surface area contributed by atoms with E-state index in [2.05, 4.69) is 5.32 Å². The molecule has 0 saturated carbocycles. The van der Waals surface area contributed by atoms with E-state index in [1.807, 2.05) is 5.43 Å². The zero-order chi connectivity index (χ0) is 16.0. The first-order valence-electron chi connectivity index (χ1n) is 6.15. The van der Waals surface area contributed by atoms with Gasteiger partial charge in [-0.25, -0.2) is 5.84 Å². The van der Waals surface area contributed by atoms with Gasteiger partial charge < -0.3 is 19.9 Å². The van der Waals surface area contributed by atoms with Gasteiger partial charge >= 0.3 is 0 Å². The maximum Gasteiger partial charge on any atom is 0.259 e. The number of benzene rings is 1. The van der Waals surface area contributed by atoms with Gasteiger partial charge in [0.05, 0.1) is 20.3 Å². The molecule has 1 aromatic rings. The van der Waals surface area contributed by atoms with E-state index in [1.54, 1.807) is 6.07 Å². The highest BCUT2D eigenvalue weighted by atomic mass is 16.5. The lowest BCUT2D eigenvalue weighted by molar-refractivity contribution is -0.125. The Morgan fingerprint density at radius 3 is 2.10 bits per heavy atom. The van der Waals surface area contributed by atoms with Crippen molar-refractivity contribution in [2.75, 3.05) is 14.2 Å². The summed E-state index contributed by atoms with van der Waals surface area (Å²) in [6, 6.07) is 3.41. The molecule has 0 saturated heterocycles. The zero-order valence-corrected chi connectivity index (χ0v) is 12.0. The summed E-state index contributed by atoms with van der Waals surface area (Å²) < 4.78 is 10.1. The standard InChI is InChI=1S/C13H19N3O5/c1-7(17)11(13(19)16-14)15-12(18)8-4-9(20-2)6-10(5-8)21-3/h4-7,11,17H,14H2,1-3H3,(H,15,18)(H,16,19)/t7-,11+/m1/s1. The number of rotatable bonds is 6. The summed E-state index contributed by atoms with van der Waals surface area (Å²) in [7, 11) is 2.91. The van der Waals surface area contributed by atoms with Crippen LogP contribution < -0.4 is 26.1 Å². The van der Waals surface area contributed by atoms with Crippen LogP contribution in [-0.4, -0.2) is 43.3 Å². The Labute approximate surface area is 122 Å². The van der Waals surface area contributed by atoms with Crippen molar-refractivity contribution in [3.63, 3.8) is 0 Å². The van der Waals surface area contributed by atoms with Crippen molar-refractivity contribution in [1.29, 1.82) is 0 Å². The fraction of sp³-hybridized carbons (Fsp3) is 0.385. The van der Waals surface area contributed by atoms with Crippen molar-refractivity contribution in [2.24, 2.45) is 5.84 Å². The van der Waals surface area contributed by atoms with Crippen LogP contribution in [0.4, 0.5) is 0 Å². The quantitative estimate of drug-likeness (QED) is 0.309. The number of hydrazine groups is 1. The van der Waals surface area contributed by atoms with Crippen LogP contribution in [-0.2, 0) is 4.79 Å². The summed E-state index contributed by atoms with van der Waals surface area (Å²) in [6.07, 6.45) is -1.11. The summed E-state index contributed by atoms with van der Waals surface area (Å²) in [5, 5.41) is 11.9. The zero-order valence-electron chi connectivity index (χ0n) is 12.0. The van der Waals surface area contributed by atoms with Crippen molar-refractivity contribution in [3.05, 3.63) is 23.8 Å². The third-order valence-electron chi connectivity index (χ3n) is 2.81. The van der Waals surface area contributed by atoms with Gasteiger partial charge in [0, 0.05) is 11.6 Å². The molecule has 0 radical (unpaired) electrons. The Hall–Kier alpha value is -2.32. The number of aliphatic hydroxyl groups is 1. The van der Waals surface area contributed by atoms with Gasteiger partial charge in [0.25, 0.3) is 11.8 Å². The molecule has 2 amide bonds. The van der Waals surface area contributed by atoms with E-state index in [0.717, 1.165) is 0 Å². The normalized spacial score (nSPS) is 13.0. The van der Waals surface area contributed by atoms with Gasteiger partial charge in [0.1, 0.15) is 17.5 Å². The lowest BCUT2D eigenvalue weighted by atomic mass is 10.1. The highest BCUT2D eigenvalue weighted by Crippen LogP contribution is 2.22. The van der Waals surface area contributed by atoms with Crippen LogP contribution in [0.2, 0.25) is 0 Å². The van der Waals surface area contributed by atoms with Gasteiger partial charge in [-0.15, -0.1) is 0 Å². The number of aliphatic hydroxyl groups excluding tert-OH is 1. The maximum atomic E-state index is 12.2. The fourth-order valence-electron chi connectivity index (χ4n) is 1.66. The van der Waals surface area contributed by atoms with Crippen molar-refractivity contribution in [3.8, 4) is 11.5 Å². The summed E-state index contributed by atoms with van der Waals surface area (Å²) >= 11 is 0. The predicted octanol–water partition coefficient (Wildman–Crippen LogP) is -0.827. The first-order valence-corrected chi connectivity index (χ1v) is 6.15. The summed E-state index contributed by atoms with van der Waals surface area (Å²) in [4.78, 5) is 23.7. The monoisotopic (exact) mass is 297 g/mol. The molecule has 1 rings (SSSR count). The summed E-state index contributed by atoms with van der Waals surface area (Å²) in [6.45, 7) is 1.37. The van der Waals surface area contributed by atoms with E-state index in [0.29, 0.717) is 11.5 Å². The molecule has 8 nitrogen and oxygen atoms in total. The number of nitrogens with one attached hydrogen (secondary N) is 2. The Kier molecular flexibility index (Phi) is 5.94. The molecule has 0 heterocycles. The number of carbonyl (C=O) groups excluding carboxylic acids is 2. The molecule has 0 fully saturated rings. The number of hydrogen-bond donors (Lipinski definition) is 4. The molecule has 0 spiro atoms. The van der Waals surface area contributed by atoms with Gasteiger partial charge in [0.15, 0.2) is 0 Å². The number of amides is 2. The Bertz CT molecular complexity index is 496. The van der Waals surface area contributed by atoms with Crippen LogP contribution in [0, 0.1) is 0 Å². The second-order valence-corrected chi connectivity index (χ2v) is 4.30. The summed E-state index contributed by atoms with van der Waals surface area (Å²) in [5.74, 6) is 4.60. The van der Waals surface area contributed by atoms with Crippen LogP contribution in [0.25, 0.3) is 0 Å². The second-order valence-electron chi connectivity index (χ2n) is 4.30. The minimum atomic E-state index is -1.17. The number of methoxy groups -OCH3 is 2. The van der Waals surface area contributed by atoms with E-state index in [1.165, 1.54) is 33.3 Å². The van der Waals surface area contributed by atoms with Crippen LogP contribution in [0.5, 0.6) is 11.5 Å². The third-order valence-corrected chi connectivity index (χ3v) is 2.81. The number of carbonyl (C=O) groups is 2. The molecule has 2 atom stereocenters. The van der Waals surface area contributed by atoms with Crippen LogP contribution in [0.3, 0.4) is 0 Å². The van der Waals surface area contributed by atoms with E-state index in [-0.39, 0.29) is 5.56 Å². The highest BCUT2D eigenvalue weighted by Gasteiger charge is 2.25. The molecule has 116 valence electrons. The van der Waals surface area contributed by atoms with Gasteiger partial charge in [0.2, 0.25) is 0 Å². The molecule has 21 heavy (non-hydrogen) atoms. The van der Waals surface area contributed by atoms with E-state index in [4.69, 9.17) is 15.3 Å². The average molecular weight is 297 g/mol. The minimum Gasteiger partial charge on any atom is -0.497 e. The van der Waals surface area contributed by atoms with Crippen molar-refractivity contribution < 1.29 is 24.2 Å². The first-order chi connectivity index (χ1) is 9.92. The maximum absolute atomic E-state index is 12.2. The Morgan fingerprint density at radius 1 is 1.19 bits per heavy atom. The number of hydrogen-bond acceptors (Lipinski definition) is 6. The van der Waals surface area contributed by atoms with Crippen molar-refractivity contribution in [2.45, 2.75) is 19.1 Å². The van der Waals surface area contributed by atoms with Crippen molar-refractivity contribution >= 4 is 11.8 Å². The van der Waals surface area contributed by atoms with E-state index in [9.17, 15) is 14.7 Å². The number of ether oxygens (including phenoxy) is 2. The Morgan fingerprint density at radius 2 is 1.71 bits per heavy atom. The molecule has 0 bridgehead atoms. The SMILES string of the molecule is COc1cc(OC)cc(C(=O)N[C@H](C(=O)NN)[C@@H](C)O)c1.